The summed E-state index contributed by atoms with van der Waals surface area (Å²) in [6.45, 7) is 4.99. The smallest absolute Gasteiger partial charge is 0.287 e. The second-order valence-corrected chi connectivity index (χ2v) is 4.90. The highest BCUT2D eigenvalue weighted by molar-refractivity contribution is 6.32. The Hall–Kier alpha value is -1.88. The fourth-order valence-electron chi connectivity index (χ4n) is 1.84. The Labute approximate surface area is 122 Å². The number of aromatic nitrogens is 3. The summed E-state index contributed by atoms with van der Waals surface area (Å²) in [7, 11) is 0. The maximum absolute atomic E-state index is 12.0. The number of anilines is 1. The quantitative estimate of drug-likeness (QED) is 0.920. The summed E-state index contributed by atoms with van der Waals surface area (Å²) < 4.78 is 1.37. The second kappa shape index (κ2) is 6.52. The van der Waals surface area contributed by atoms with E-state index in [0.717, 1.165) is 17.8 Å². The number of nitrogens with one attached hydrogen (secondary N) is 1. The van der Waals surface area contributed by atoms with Crippen LogP contribution in [0.1, 0.15) is 24.7 Å². The molecule has 0 bridgehead atoms. The van der Waals surface area contributed by atoms with Crippen LogP contribution in [-0.4, -0.2) is 14.8 Å². The lowest BCUT2D eigenvalue weighted by Crippen LogP contribution is -2.24. The molecule has 6 heteroatoms. The maximum atomic E-state index is 12.0. The molecule has 2 aromatic heterocycles. The number of hydrogen-bond donors (Lipinski definition) is 1. The predicted octanol–water partition coefficient (Wildman–Crippen LogP) is 2.62. The first kappa shape index (κ1) is 14.5. The summed E-state index contributed by atoms with van der Waals surface area (Å²) in [5, 5.41) is 7.36. The maximum Gasteiger partial charge on any atom is 0.287 e. The average molecular weight is 293 g/mol. The predicted molar refractivity (Wildman–Crippen MR) is 80.1 cm³/mol. The molecule has 0 radical (unpaired) electrons. The number of rotatable bonds is 5. The minimum Gasteiger partial charge on any atom is -0.377 e. The number of hydrogen-bond acceptors (Lipinski definition) is 4. The first-order valence-corrected chi connectivity index (χ1v) is 6.91. The molecular weight excluding hydrogens is 276 g/mol. The van der Waals surface area contributed by atoms with E-state index in [9.17, 15) is 4.79 Å². The molecule has 20 heavy (non-hydrogen) atoms. The van der Waals surface area contributed by atoms with Crippen molar-refractivity contribution in [2.24, 2.45) is 0 Å². The lowest BCUT2D eigenvalue weighted by Gasteiger charge is -2.09. The second-order valence-electron chi connectivity index (χ2n) is 4.52. The summed E-state index contributed by atoms with van der Waals surface area (Å²) >= 11 is 6.08. The van der Waals surface area contributed by atoms with Gasteiger partial charge in [0.05, 0.1) is 24.1 Å². The molecule has 2 heterocycles. The molecular formula is C14H17ClN4O. The van der Waals surface area contributed by atoms with E-state index in [2.05, 4.69) is 15.4 Å². The van der Waals surface area contributed by atoms with Crippen molar-refractivity contribution in [2.45, 2.75) is 33.4 Å². The first-order valence-electron chi connectivity index (χ1n) is 6.54. The van der Waals surface area contributed by atoms with E-state index in [-0.39, 0.29) is 10.6 Å². The monoisotopic (exact) mass is 292 g/mol. The lowest BCUT2D eigenvalue weighted by atomic mass is 10.3. The van der Waals surface area contributed by atoms with Gasteiger partial charge in [0.15, 0.2) is 0 Å². The Bertz CT molecular complexity index is 654. The molecule has 2 aromatic rings. The van der Waals surface area contributed by atoms with Gasteiger partial charge in [0, 0.05) is 12.2 Å². The molecule has 5 nitrogen and oxygen atoms in total. The van der Waals surface area contributed by atoms with Gasteiger partial charge in [-0.1, -0.05) is 24.6 Å². The molecule has 2 rings (SSSR count). The first-order chi connectivity index (χ1) is 9.61. The molecule has 0 saturated heterocycles. The number of nitrogens with zero attached hydrogens (tertiary/aromatic N) is 3. The molecule has 0 spiro atoms. The summed E-state index contributed by atoms with van der Waals surface area (Å²) in [5.74, 6) is 0. The van der Waals surface area contributed by atoms with Gasteiger partial charge in [-0.3, -0.25) is 9.78 Å². The topological polar surface area (TPSA) is 59.8 Å². The van der Waals surface area contributed by atoms with Gasteiger partial charge >= 0.3 is 0 Å². The van der Waals surface area contributed by atoms with Gasteiger partial charge in [0.1, 0.15) is 5.02 Å². The van der Waals surface area contributed by atoms with Gasteiger partial charge in [-0.25, -0.2) is 4.68 Å². The van der Waals surface area contributed by atoms with Crippen molar-refractivity contribution in [3.63, 3.8) is 0 Å². The molecule has 106 valence electrons. The van der Waals surface area contributed by atoms with Gasteiger partial charge in [-0.15, -0.1) is 0 Å². The Kier molecular flexibility index (Phi) is 4.74. The van der Waals surface area contributed by atoms with Crippen LogP contribution in [-0.2, 0) is 13.1 Å². The van der Waals surface area contributed by atoms with Crippen molar-refractivity contribution < 1.29 is 0 Å². The van der Waals surface area contributed by atoms with Crippen LogP contribution in [0, 0.1) is 6.92 Å². The van der Waals surface area contributed by atoms with Crippen molar-refractivity contribution in [2.75, 3.05) is 5.32 Å². The molecule has 0 atom stereocenters. The standard InChI is InChI=1S/C14H17ClN4O/c1-3-7-19-14(20)13(15)12(9-17-19)16-8-11-6-4-5-10(2)18-11/h4-6,9,16H,3,7-8H2,1-2H3. The van der Waals surface area contributed by atoms with E-state index in [1.807, 2.05) is 32.0 Å². The molecule has 0 aromatic carbocycles. The third-order valence-electron chi connectivity index (χ3n) is 2.83. The summed E-state index contributed by atoms with van der Waals surface area (Å²) in [6, 6.07) is 5.79. The van der Waals surface area contributed by atoms with Crippen LogP contribution in [0.5, 0.6) is 0 Å². The van der Waals surface area contributed by atoms with Gasteiger partial charge in [-0.05, 0) is 25.5 Å². The van der Waals surface area contributed by atoms with E-state index >= 15 is 0 Å². The van der Waals surface area contributed by atoms with Crippen LogP contribution in [0.25, 0.3) is 0 Å². The molecule has 0 saturated carbocycles. The highest BCUT2D eigenvalue weighted by Gasteiger charge is 2.08. The van der Waals surface area contributed by atoms with E-state index in [0.29, 0.717) is 18.8 Å². The summed E-state index contributed by atoms with van der Waals surface area (Å²) in [4.78, 5) is 16.3. The fourth-order valence-corrected chi connectivity index (χ4v) is 2.06. The van der Waals surface area contributed by atoms with Crippen LogP contribution in [0.2, 0.25) is 5.02 Å². The Morgan fingerprint density at radius 1 is 1.40 bits per heavy atom. The van der Waals surface area contributed by atoms with E-state index < -0.39 is 0 Å². The normalized spacial score (nSPS) is 10.6. The van der Waals surface area contributed by atoms with E-state index in [4.69, 9.17) is 11.6 Å². The van der Waals surface area contributed by atoms with Crippen LogP contribution in [0.4, 0.5) is 5.69 Å². The Balaban J connectivity index is 2.14. The van der Waals surface area contributed by atoms with Gasteiger partial charge in [0.25, 0.3) is 5.56 Å². The highest BCUT2D eigenvalue weighted by Crippen LogP contribution is 2.16. The highest BCUT2D eigenvalue weighted by atomic mass is 35.5. The molecule has 0 unspecified atom stereocenters. The Morgan fingerprint density at radius 3 is 2.90 bits per heavy atom. The van der Waals surface area contributed by atoms with Crippen LogP contribution >= 0.6 is 11.6 Å². The van der Waals surface area contributed by atoms with E-state index in [1.54, 1.807) is 6.20 Å². The number of pyridine rings is 1. The zero-order valence-electron chi connectivity index (χ0n) is 11.6. The van der Waals surface area contributed by atoms with Crippen molar-refractivity contribution in [1.82, 2.24) is 14.8 Å². The largest absolute Gasteiger partial charge is 0.377 e. The van der Waals surface area contributed by atoms with Gasteiger partial charge in [-0.2, -0.15) is 5.10 Å². The number of halogens is 1. The van der Waals surface area contributed by atoms with Crippen molar-refractivity contribution in [3.05, 3.63) is 51.2 Å². The SMILES string of the molecule is CCCn1ncc(NCc2cccc(C)n2)c(Cl)c1=O. The van der Waals surface area contributed by atoms with Gasteiger partial charge in [0.2, 0.25) is 0 Å². The minimum atomic E-state index is -0.268. The van der Waals surface area contributed by atoms with Crippen LogP contribution in [0.15, 0.2) is 29.2 Å². The zero-order valence-corrected chi connectivity index (χ0v) is 12.3. The lowest BCUT2D eigenvalue weighted by molar-refractivity contribution is 0.568. The van der Waals surface area contributed by atoms with E-state index in [1.165, 1.54) is 4.68 Å². The van der Waals surface area contributed by atoms with Crippen LogP contribution < -0.4 is 10.9 Å². The fraction of sp³-hybridized carbons (Fsp3) is 0.357. The Morgan fingerprint density at radius 2 is 2.20 bits per heavy atom. The zero-order chi connectivity index (χ0) is 14.5. The summed E-state index contributed by atoms with van der Waals surface area (Å²) in [6.07, 6.45) is 2.42. The minimum absolute atomic E-state index is 0.168. The third kappa shape index (κ3) is 3.36. The van der Waals surface area contributed by atoms with Crippen molar-refractivity contribution in [1.29, 1.82) is 0 Å². The van der Waals surface area contributed by atoms with Gasteiger partial charge < -0.3 is 5.32 Å². The molecule has 0 aliphatic heterocycles. The molecule has 0 amide bonds. The number of aryl methyl sites for hydroxylation is 2. The molecule has 0 aliphatic carbocycles. The van der Waals surface area contributed by atoms with Crippen molar-refractivity contribution in [3.8, 4) is 0 Å². The molecule has 1 N–H and O–H groups in total. The average Bonchev–Trinajstić information content (AvgIpc) is 2.43. The summed E-state index contributed by atoms with van der Waals surface area (Å²) in [5.41, 5.74) is 2.11. The van der Waals surface area contributed by atoms with Crippen LogP contribution in [0.3, 0.4) is 0 Å². The third-order valence-corrected chi connectivity index (χ3v) is 3.19. The molecule has 0 aliphatic rings. The van der Waals surface area contributed by atoms with Crippen molar-refractivity contribution >= 4 is 17.3 Å². The molecule has 0 fully saturated rings.